The monoisotopic (exact) mass is 284 g/mol. The Labute approximate surface area is 112 Å². The fraction of sp³-hybridized carbons (Fsp3) is 0.462. The topological polar surface area (TPSA) is 54.5 Å². The molecule has 1 saturated heterocycles. The number of nitrogens with zero attached hydrogens (tertiary/aromatic N) is 1. The molecule has 4 nitrogen and oxygen atoms in total. The standard InChI is InChI=1S/C13H15FNO3S/c1-19(17,18)12-4-6-15(7-5-12)13-8-11(14)3-2-10(13)9-16/h3,8-9,12H,4-7H2,1H3. The number of carbonyl (C=O) groups excluding carboxylic acids is 1. The fourth-order valence-electron chi connectivity index (χ4n) is 2.35. The molecule has 0 atom stereocenters. The third kappa shape index (κ3) is 3.12. The fourth-order valence-corrected chi connectivity index (χ4v) is 3.42. The minimum Gasteiger partial charge on any atom is -0.371 e. The molecule has 6 heteroatoms. The van der Waals surface area contributed by atoms with Crippen molar-refractivity contribution in [2.24, 2.45) is 0 Å². The van der Waals surface area contributed by atoms with Crippen LogP contribution in [0.15, 0.2) is 12.1 Å². The zero-order chi connectivity index (χ0) is 14.0. The Kier molecular flexibility index (Phi) is 3.89. The number of sulfone groups is 1. The van der Waals surface area contributed by atoms with Crippen LogP contribution in [0.5, 0.6) is 0 Å². The van der Waals surface area contributed by atoms with E-state index in [1.165, 1.54) is 12.3 Å². The van der Waals surface area contributed by atoms with Gasteiger partial charge in [-0.05, 0) is 31.0 Å². The summed E-state index contributed by atoms with van der Waals surface area (Å²) in [4.78, 5) is 12.8. The Morgan fingerprint density at radius 3 is 2.58 bits per heavy atom. The second-order valence-corrected chi connectivity index (χ2v) is 7.08. The van der Waals surface area contributed by atoms with Crippen molar-refractivity contribution in [3.63, 3.8) is 0 Å². The number of carbonyl (C=O) groups is 1. The smallest absolute Gasteiger partial charge is 0.152 e. The highest BCUT2D eigenvalue weighted by atomic mass is 32.2. The molecular formula is C13H15FNO3S. The van der Waals surface area contributed by atoms with E-state index in [4.69, 9.17) is 0 Å². The molecule has 1 aromatic carbocycles. The number of halogens is 1. The molecule has 103 valence electrons. The second-order valence-electron chi connectivity index (χ2n) is 4.75. The van der Waals surface area contributed by atoms with Crippen molar-refractivity contribution >= 4 is 21.8 Å². The van der Waals surface area contributed by atoms with Crippen molar-refractivity contribution in [1.29, 1.82) is 0 Å². The largest absolute Gasteiger partial charge is 0.371 e. The number of rotatable bonds is 3. The van der Waals surface area contributed by atoms with Gasteiger partial charge >= 0.3 is 0 Å². The molecule has 0 spiro atoms. The van der Waals surface area contributed by atoms with Gasteiger partial charge in [0, 0.05) is 24.9 Å². The van der Waals surface area contributed by atoms with E-state index >= 15 is 0 Å². The highest BCUT2D eigenvalue weighted by Crippen LogP contribution is 2.26. The molecule has 1 fully saturated rings. The molecule has 19 heavy (non-hydrogen) atoms. The maximum absolute atomic E-state index is 13.2. The number of aldehydes is 1. The van der Waals surface area contributed by atoms with Crippen LogP contribution in [-0.4, -0.2) is 39.3 Å². The first kappa shape index (κ1) is 14.0. The molecule has 0 aromatic heterocycles. The predicted molar refractivity (Wildman–Crippen MR) is 70.7 cm³/mol. The third-order valence-corrected chi connectivity index (χ3v) is 5.10. The Bertz CT molecular complexity index is 578. The normalized spacial score (nSPS) is 17.5. The first-order chi connectivity index (χ1) is 8.91. The van der Waals surface area contributed by atoms with E-state index in [0.717, 1.165) is 6.07 Å². The lowest BCUT2D eigenvalue weighted by molar-refractivity contribution is 0.112. The Balaban J connectivity index is 2.18. The van der Waals surface area contributed by atoms with Crippen molar-refractivity contribution in [2.75, 3.05) is 24.2 Å². The van der Waals surface area contributed by atoms with E-state index in [0.29, 0.717) is 43.5 Å². The summed E-state index contributed by atoms with van der Waals surface area (Å²) in [6, 6.07) is 5.00. The number of hydrogen-bond acceptors (Lipinski definition) is 4. The molecule has 1 aliphatic rings. The number of piperidine rings is 1. The molecule has 0 amide bonds. The van der Waals surface area contributed by atoms with E-state index in [2.05, 4.69) is 6.07 Å². The molecule has 0 aliphatic carbocycles. The van der Waals surface area contributed by atoms with Gasteiger partial charge in [-0.1, -0.05) is 0 Å². The van der Waals surface area contributed by atoms with Crippen molar-refractivity contribution in [2.45, 2.75) is 18.1 Å². The summed E-state index contributed by atoms with van der Waals surface area (Å²) in [6.07, 6.45) is 2.86. The second kappa shape index (κ2) is 5.28. The average Bonchev–Trinajstić information content (AvgIpc) is 2.38. The summed E-state index contributed by atoms with van der Waals surface area (Å²) < 4.78 is 36.2. The van der Waals surface area contributed by atoms with Gasteiger partial charge in [0.25, 0.3) is 0 Å². The highest BCUT2D eigenvalue weighted by molar-refractivity contribution is 7.91. The molecule has 1 radical (unpaired) electrons. The van der Waals surface area contributed by atoms with E-state index in [1.54, 1.807) is 0 Å². The molecule has 1 heterocycles. The van der Waals surface area contributed by atoms with Crippen LogP contribution >= 0.6 is 0 Å². The quantitative estimate of drug-likeness (QED) is 0.788. The first-order valence-electron chi connectivity index (χ1n) is 6.02. The molecule has 0 N–H and O–H groups in total. The van der Waals surface area contributed by atoms with E-state index in [-0.39, 0.29) is 5.25 Å². The molecule has 0 unspecified atom stereocenters. The lowest BCUT2D eigenvalue weighted by Gasteiger charge is -2.33. The van der Waals surface area contributed by atoms with Crippen LogP contribution in [-0.2, 0) is 9.84 Å². The Morgan fingerprint density at radius 1 is 1.42 bits per heavy atom. The summed E-state index contributed by atoms with van der Waals surface area (Å²) in [6.45, 7) is 0.992. The van der Waals surface area contributed by atoms with Gasteiger partial charge in [0.1, 0.15) is 15.7 Å². The lowest BCUT2D eigenvalue weighted by atomic mass is 10.1. The number of anilines is 1. The summed E-state index contributed by atoms with van der Waals surface area (Å²) >= 11 is 0. The van der Waals surface area contributed by atoms with Crippen LogP contribution in [0.1, 0.15) is 23.2 Å². The van der Waals surface area contributed by atoms with E-state index in [9.17, 15) is 17.6 Å². The summed E-state index contributed by atoms with van der Waals surface area (Å²) in [7, 11) is -3.03. The first-order valence-corrected chi connectivity index (χ1v) is 7.97. The van der Waals surface area contributed by atoms with Gasteiger partial charge in [-0.2, -0.15) is 0 Å². The zero-order valence-corrected chi connectivity index (χ0v) is 11.4. The molecule has 2 rings (SSSR count). The number of benzene rings is 1. The molecule has 0 saturated carbocycles. The maximum Gasteiger partial charge on any atom is 0.152 e. The molecular weight excluding hydrogens is 269 g/mol. The molecule has 1 aliphatic heterocycles. The van der Waals surface area contributed by atoms with Gasteiger partial charge in [-0.3, -0.25) is 4.79 Å². The Hall–Kier alpha value is -1.43. The SMILES string of the molecule is CS(=O)(=O)C1CCN(c2cc(F)c[c]c2C=O)CC1. The van der Waals surface area contributed by atoms with Crippen molar-refractivity contribution in [3.05, 3.63) is 29.6 Å². The summed E-state index contributed by atoms with van der Waals surface area (Å²) in [5.74, 6) is -0.453. The van der Waals surface area contributed by atoms with Crippen LogP contribution in [0.2, 0.25) is 0 Å². The van der Waals surface area contributed by atoms with Crippen molar-refractivity contribution in [3.8, 4) is 0 Å². The summed E-state index contributed by atoms with van der Waals surface area (Å²) in [5, 5.41) is -0.346. The Morgan fingerprint density at radius 2 is 2.05 bits per heavy atom. The van der Waals surface area contributed by atoms with Gasteiger partial charge in [0.2, 0.25) is 0 Å². The van der Waals surface area contributed by atoms with Crippen molar-refractivity contribution < 1.29 is 17.6 Å². The minimum atomic E-state index is -3.03. The van der Waals surface area contributed by atoms with E-state index in [1.807, 2.05) is 4.90 Å². The van der Waals surface area contributed by atoms with Gasteiger partial charge < -0.3 is 4.90 Å². The van der Waals surface area contributed by atoms with Crippen LogP contribution in [0, 0.1) is 11.9 Å². The van der Waals surface area contributed by atoms with E-state index < -0.39 is 15.7 Å². The van der Waals surface area contributed by atoms with Crippen LogP contribution in [0.3, 0.4) is 0 Å². The van der Waals surface area contributed by atoms with Gasteiger partial charge in [-0.15, -0.1) is 0 Å². The number of hydrogen-bond donors (Lipinski definition) is 0. The minimum absolute atomic E-state index is 0.305. The average molecular weight is 284 g/mol. The van der Waals surface area contributed by atoms with Crippen LogP contribution in [0.4, 0.5) is 10.1 Å². The highest BCUT2D eigenvalue weighted by Gasteiger charge is 2.27. The van der Waals surface area contributed by atoms with Gasteiger partial charge in [0.15, 0.2) is 6.29 Å². The third-order valence-electron chi connectivity index (χ3n) is 3.42. The van der Waals surface area contributed by atoms with Crippen molar-refractivity contribution in [1.82, 2.24) is 0 Å². The molecule has 0 bridgehead atoms. The van der Waals surface area contributed by atoms with Gasteiger partial charge in [-0.25, -0.2) is 12.8 Å². The zero-order valence-electron chi connectivity index (χ0n) is 10.6. The summed E-state index contributed by atoms with van der Waals surface area (Å²) in [5.41, 5.74) is 0.793. The van der Waals surface area contributed by atoms with Crippen LogP contribution < -0.4 is 4.90 Å². The van der Waals surface area contributed by atoms with Gasteiger partial charge in [0.05, 0.1) is 10.9 Å². The lowest BCUT2D eigenvalue weighted by Crippen LogP contribution is -2.39. The van der Waals surface area contributed by atoms with Crippen LogP contribution in [0.25, 0.3) is 0 Å². The predicted octanol–water partition coefficient (Wildman–Crippen LogP) is 1.45. The molecule has 1 aromatic rings. The maximum atomic E-state index is 13.2.